The molecule has 5 fully saturated rings. The molecule has 154 valence electrons. The van der Waals surface area contributed by atoms with E-state index in [1.165, 1.54) is 44.9 Å². The van der Waals surface area contributed by atoms with E-state index in [0.717, 1.165) is 19.2 Å². The zero-order valence-corrected chi connectivity index (χ0v) is 19.3. The number of ether oxygens (including phenoxy) is 2. The van der Waals surface area contributed by atoms with E-state index in [1.807, 2.05) is 7.05 Å². The van der Waals surface area contributed by atoms with Crippen molar-refractivity contribution in [2.75, 3.05) is 20.3 Å². The average Bonchev–Trinajstić information content (AvgIpc) is 3.30. The van der Waals surface area contributed by atoms with Crippen molar-refractivity contribution in [1.82, 2.24) is 10.6 Å². The smallest absolute Gasteiger partial charge is 0.191 e. The van der Waals surface area contributed by atoms with E-state index in [9.17, 15) is 0 Å². The van der Waals surface area contributed by atoms with Crippen LogP contribution in [0.25, 0.3) is 0 Å². The largest absolute Gasteiger partial charge is 0.377 e. The Kier molecular flexibility index (Phi) is 5.47. The van der Waals surface area contributed by atoms with Crippen molar-refractivity contribution in [2.24, 2.45) is 27.7 Å². The number of nitrogens with zero attached hydrogens (tertiary/aromatic N) is 1. The van der Waals surface area contributed by atoms with Crippen LogP contribution in [0.2, 0.25) is 0 Å². The molecule has 2 heterocycles. The summed E-state index contributed by atoms with van der Waals surface area (Å²) in [6.07, 6.45) is 9.91. The summed E-state index contributed by atoms with van der Waals surface area (Å²) in [5.74, 6) is 2.29. The third-order valence-electron chi connectivity index (χ3n) is 8.43. The van der Waals surface area contributed by atoms with Crippen molar-refractivity contribution >= 4 is 29.9 Å². The molecule has 0 amide bonds. The maximum absolute atomic E-state index is 6.14. The summed E-state index contributed by atoms with van der Waals surface area (Å²) in [5.41, 5.74) is 0.538. The van der Waals surface area contributed by atoms with Crippen molar-refractivity contribution in [1.29, 1.82) is 0 Å². The number of fused-ring (bicyclic) bond motifs is 3. The van der Waals surface area contributed by atoms with Gasteiger partial charge in [-0.1, -0.05) is 26.7 Å². The number of rotatable bonds is 2. The van der Waals surface area contributed by atoms with Crippen LogP contribution in [-0.4, -0.2) is 50.5 Å². The topological polar surface area (TPSA) is 54.9 Å². The Morgan fingerprint density at radius 3 is 2.30 bits per heavy atom. The van der Waals surface area contributed by atoms with Gasteiger partial charge in [-0.3, -0.25) is 4.99 Å². The predicted octanol–water partition coefficient (Wildman–Crippen LogP) is 3.32. The minimum absolute atomic E-state index is 0. The van der Waals surface area contributed by atoms with E-state index in [1.54, 1.807) is 0 Å². The highest BCUT2D eigenvalue weighted by molar-refractivity contribution is 14.0. The first kappa shape index (κ1) is 20.2. The predicted molar refractivity (Wildman–Crippen MR) is 118 cm³/mol. The third kappa shape index (κ3) is 2.87. The monoisotopic (exact) mass is 489 g/mol. The lowest BCUT2D eigenvalue weighted by atomic mass is 9.54. The van der Waals surface area contributed by atoms with Crippen molar-refractivity contribution in [3.05, 3.63) is 0 Å². The van der Waals surface area contributed by atoms with Gasteiger partial charge in [0.15, 0.2) is 5.96 Å². The van der Waals surface area contributed by atoms with Gasteiger partial charge in [-0.25, -0.2) is 0 Å². The number of halogens is 1. The molecule has 6 atom stereocenters. The summed E-state index contributed by atoms with van der Waals surface area (Å²) in [5, 5.41) is 7.65. The van der Waals surface area contributed by atoms with Crippen molar-refractivity contribution in [2.45, 2.75) is 83.1 Å². The Hall–Kier alpha value is -0.0800. The number of guanidine groups is 1. The van der Waals surface area contributed by atoms with Crippen LogP contribution >= 0.6 is 24.0 Å². The SMILES string of the molecule is CN=C(NC1C2CCCOC2C1(C)C)NC1C2CCOC2C12CCCC2.I. The maximum Gasteiger partial charge on any atom is 0.191 e. The van der Waals surface area contributed by atoms with Gasteiger partial charge >= 0.3 is 0 Å². The Bertz CT molecular complexity index is 590. The normalized spacial score (nSPS) is 43.7. The average molecular weight is 489 g/mol. The fraction of sp³-hybridized carbons (Fsp3) is 0.952. The Morgan fingerprint density at radius 2 is 1.56 bits per heavy atom. The zero-order chi connectivity index (χ0) is 17.9. The first-order chi connectivity index (χ1) is 12.6. The fourth-order valence-electron chi connectivity index (χ4n) is 7.18. The van der Waals surface area contributed by atoms with Gasteiger partial charge in [-0.05, 0) is 32.1 Å². The first-order valence-corrected chi connectivity index (χ1v) is 10.8. The van der Waals surface area contributed by atoms with Crippen molar-refractivity contribution in [3.63, 3.8) is 0 Å². The summed E-state index contributed by atoms with van der Waals surface area (Å²) in [7, 11) is 1.92. The first-order valence-electron chi connectivity index (χ1n) is 10.8. The standard InChI is InChI=1S/C21H35N3O2.HI/c1-20(2)15(13-7-6-11-25-17(13)20)23-19(22-3)24-16-14-8-12-26-18(14)21(16)9-4-5-10-21;/h13-18H,4-12H2,1-3H3,(H2,22,23,24);1H. The molecule has 1 spiro atoms. The molecule has 27 heavy (non-hydrogen) atoms. The lowest BCUT2D eigenvalue weighted by Gasteiger charge is -2.61. The second-order valence-corrected chi connectivity index (χ2v) is 9.92. The van der Waals surface area contributed by atoms with Crippen LogP contribution in [0.5, 0.6) is 0 Å². The van der Waals surface area contributed by atoms with Crippen LogP contribution in [0.4, 0.5) is 0 Å². The molecule has 5 aliphatic rings. The molecular weight excluding hydrogens is 453 g/mol. The molecule has 2 saturated heterocycles. The van der Waals surface area contributed by atoms with Gasteiger partial charge in [-0.2, -0.15) is 0 Å². The molecule has 6 unspecified atom stereocenters. The van der Waals surface area contributed by atoms with Gasteiger partial charge < -0.3 is 20.1 Å². The molecular formula is C21H36IN3O2. The minimum atomic E-state index is 0. The summed E-state index contributed by atoms with van der Waals surface area (Å²) in [4.78, 5) is 4.62. The van der Waals surface area contributed by atoms with Crippen molar-refractivity contribution < 1.29 is 9.47 Å². The van der Waals surface area contributed by atoms with Gasteiger partial charge in [0, 0.05) is 55.0 Å². The molecule has 0 bridgehead atoms. The molecule has 2 N–H and O–H groups in total. The van der Waals surface area contributed by atoms with E-state index in [4.69, 9.17) is 9.47 Å². The van der Waals surface area contributed by atoms with Gasteiger partial charge in [0.1, 0.15) is 0 Å². The van der Waals surface area contributed by atoms with Crippen LogP contribution in [-0.2, 0) is 9.47 Å². The van der Waals surface area contributed by atoms with Gasteiger partial charge in [0.05, 0.1) is 12.2 Å². The lowest BCUT2D eigenvalue weighted by molar-refractivity contribution is -0.188. The highest BCUT2D eigenvalue weighted by Gasteiger charge is 2.65. The summed E-state index contributed by atoms with van der Waals surface area (Å²) >= 11 is 0. The van der Waals surface area contributed by atoms with Crippen LogP contribution in [0, 0.1) is 22.7 Å². The van der Waals surface area contributed by atoms with Gasteiger partial charge in [0.2, 0.25) is 0 Å². The number of hydrogen-bond donors (Lipinski definition) is 2. The van der Waals surface area contributed by atoms with Crippen LogP contribution in [0.3, 0.4) is 0 Å². The number of aliphatic imine (C=N–C) groups is 1. The number of hydrogen-bond acceptors (Lipinski definition) is 3. The molecule has 3 saturated carbocycles. The van der Waals surface area contributed by atoms with Crippen LogP contribution < -0.4 is 10.6 Å². The lowest BCUT2D eigenvalue weighted by Crippen LogP contribution is -2.73. The maximum atomic E-state index is 6.14. The molecule has 2 aliphatic heterocycles. The minimum Gasteiger partial charge on any atom is -0.377 e. The molecule has 6 heteroatoms. The van der Waals surface area contributed by atoms with Crippen LogP contribution in [0.1, 0.15) is 58.8 Å². The van der Waals surface area contributed by atoms with Crippen molar-refractivity contribution in [3.8, 4) is 0 Å². The summed E-state index contributed by atoms with van der Waals surface area (Å²) in [6, 6.07) is 0.986. The Balaban J connectivity index is 0.00000180. The Morgan fingerprint density at radius 1 is 0.889 bits per heavy atom. The molecule has 0 radical (unpaired) electrons. The van der Waals surface area contributed by atoms with E-state index >= 15 is 0 Å². The number of nitrogens with one attached hydrogen (secondary N) is 2. The molecule has 0 aromatic rings. The second-order valence-electron chi connectivity index (χ2n) is 9.92. The Labute approximate surface area is 180 Å². The molecule has 5 rings (SSSR count). The van der Waals surface area contributed by atoms with Gasteiger partial charge in [0.25, 0.3) is 0 Å². The summed E-state index contributed by atoms with van der Waals surface area (Å²) < 4.78 is 12.2. The molecule has 5 nitrogen and oxygen atoms in total. The molecule has 0 aromatic carbocycles. The van der Waals surface area contributed by atoms with Crippen LogP contribution in [0.15, 0.2) is 4.99 Å². The van der Waals surface area contributed by atoms with E-state index in [2.05, 4.69) is 29.5 Å². The third-order valence-corrected chi connectivity index (χ3v) is 8.43. The van der Waals surface area contributed by atoms with E-state index in [0.29, 0.717) is 41.5 Å². The highest BCUT2D eigenvalue weighted by Crippen LogP contribution is 2.60. The summed E-state index contributed by atoms with van der Waals surface area (Å²) in [6.45, 7) is 6.55. The van der Waals surface area contributed by atoms with Gasteiger partial charge in [-0.15, -0.1) is 24.0 Å². The fourth-order valence-corrected chi connectivity index (χ4v) is 7.18. The van der Waals surface area contributed by atoms with E-state index in [-0.39, 0.29) is 29.4 Å². The van der Waals surface area contributed by atoms with E-state index < -0.39 is 0 Å². The molecule has 0 aromatic heterocycles. The second kappa shape index (κ2) is 7.31. The molecule has 3 aliphatic carbocycles. The zero-order valence-electron chi connectivity index (χ0n) is 17.0. The quantitative estimate of drug-likeness (QED) is 0.355. The highest BCUT2D eigenvalue weighted by atomic mass is 127.